The summed E-state index contributed by atoms with van der Waals surface area (Å²) in [5.74, 6) is -0.428. The fourth-order valence-electron chi connectivity index (χ4n) is 1.59. The predicted octanol–water partition coefficient (Wildman–Crippen LogP) is 2.06. The van der Waals surface area contributed by atoms with Gasteiger partial charge in [0, 0.05) is 18.1 Å². The topological polar surface area (TPSA) is 51.2 Å². The molecule has 16 heavy (non-hydrogen) atoms. The Bertz CT molecular complexity index is 538. The van der Waals surface area contributed by atoms with Crippen LogP contribution in [0.5, 0.6) is 0 Å². The maximum atomic E-state index is 11.4. The van der Waals surface area contributed by atoms with Gasteiger partial charge < -0.3 is 10.1 Å². The van der Waals surface area contributed by atoms with Crippen LogP contribution < -0.4 is 5.32 Å². The minimum absolute atomic E-state index is 0.311. The zero-order valence-corrected chi connectivity index (χ0v) is 9.15. The highest BCUT2D eigenvalue weighted by Crippen LogP contribution is 2.22. The molecule has 0 fully saturated rings. The van der Waals surface area contributed by atoms with E-state index in [4.69, 9.17) is 0 Å². The summed E-state index contributed by atoms with van der Waals surface area (Å²) in [6.07, 6.45) is 0. The monoisotopic (exact) mass is 216 g/mol. The third-order valence-electron chi connectivity index (χ3n) is 2.38. The van der Waals surface area contributed by atoms with E-state index in [9.17, 15) is 4.79 Å². The maximum Gasteiger partial charge on any atom is 0.356 e. The van der Waals surface area contributed by atoms with Crippen molar-refractivity contribution in [3.05, 3.63) is 36.0 Å². The second-order valence-corrected chi connectivity index (χ2v) is 3.31. The van der Waals surface area contributed by atoms with Gasteiger partial charge >= 0.3 is 5.97 Å². The van der Waals surface area contributed by atoms with Gasteiger partial charge in [-0.05, 0) is 12.1 Å². The molecule has 0 aliphatic heterocycles. The Morgan fingerprint density at radius 3 is 2.81 bits per heavy atom. The number of hydrogen-bond donors (Lipinski definition) is 1. The number of benzene rings is 1. The molecule has 0 aliphatic carbocycles. The molecule has 0 radical (unpaired) electrons. The van der Waals surface area contributed by atoms with Crippen LogP contribution in [0.4, 0.5) is 5.69 Å². The summed E-state index contributed by atoms with van der Waals surface area (Å²) in [6.45, 7) is 0. The molecule has 1 aromatic carbocycles. The molecule has 2 aromatic rings. The van der Waals surface area contributed by atoms with Crippen molar-refractivity contribution >= 4 is 22.6 Å². The fraction of sp³-hybridized carbons (Fsp3) is 0.167. The van der Waals surface area contributed by atoms with Crippen LogP contribution in [0.1, 0.15) is 10.5 Å². The number of para-hydroxylation sites is 1. The lowest BCUT2D eigenvalue weighted by Gasteiger charge is -2.07. The van der Waals surface area contributed by atoms with E-state index in [1.54, 1.807) is 6.07 Å². The molecule has 82 valence electrons. The number of methoxy groups -OCH3 is 1. The van der Waals surface area contributed by atoms with Crippen molar-refractivity contribution in [1.29, 1.82) is 0 Å². The molecule has 0 bridgehead atoms. The van der Waals surface area contributed by atoms with Crippen LogP contribution in [0, 0.1) is 0 Å². The minimum Gasteiger partial charge on any atom is -0.464 e. The Morgan fingerprint density at radius 2 is 2.12 bits per heavy atom. The average molecular weight is 216 g/mol. The lowest BCUT2D eigenvalue weighted by molar-refractivity contribution is 0.0594. The first-order valence-electron chi connectivity index (χ1n) is 4.92. The molecule has 0 atom stereocenters. The van der Waals surface area contributed by atoms with Crippen molar-refractivity contribution in [1.82, 2.24) is 4.98 Å². The van der Waals surface area contributed by atoms with E-state index >= 15 is 0 Å². The standard InChI is InChI=1S/C12H12N2O2/c1-13-10-7-11(12(15)16-2)14-9-6-4-3-5-8(9)10/h3-7H,1-2H3,(H,13,14). The number of ether oxygens (including phenoxy) is 1. The second kappa shape index (κ2) is 4.18. The summed E-state index contributed by atoms with van der Waals surface area (Å²) in [6, 6.07) is 9.32. The first-order chi connectivity index (χ1) is 7.76. The molecule has 1 heterocycles. The van der Waals surface area contributed by atoms with Gasteiger partial charge in [-0.1, -0.05) is 18.2 Å². The average Bonchev–Trinajstić information content (AvgIpc) is 2.36. The van der Waals surface area contributed by atoms with Crippen LogP contribution in [-0.4, -0.2) is 25.1 Å². The van der Waals surface area contributed by atoms with E-state index in [0.717, 1.165) is 16.6 Å². The molecule has 4 nitrogen and oxygen atoms in total. The Hall–Kier alpha value is -2.10. The molecule has 4 heteroatoms. The number of rotatable bonds is 2. The number of hydrogen-bond acceptors (Lipinski definition) is 4. The molecular weight excluding hydrogens is 204 g/mol. The van der Waals surface area contributed by atoms with Gasteiger partial charge in [0.15, 0.2) is 5.69 Å². The molecule has 0 saturated carbocycles. The van der Waals surface area contributed by atoms with Gasteiger partial charge in [-0.25, -0.2) is 9.78 Å². The number of esters is 1. The van der Waals surface area contributed by atoms with Crippen molar-refractivity contribution in [3.63, 3.8) is 0 Å². The highest BCUT2D eigenvalue weighted by Gasteiger charge is 2.10. The molecule has 1 aromatic heterocycles. The third-order valence-corrected chi connectivity index (χ3v) is 2.38. The quantitative estimate of drug-likeness (QED) is 0.781. The minimum atomic E-state index is -0.428. The number of nitrogens with one attached hydrogen (secondary N) is 1. The van der Waals surface area contributed by atoms with Crippen molar-refractivity contribution in [2.24, 2.45) is 0 Å². The number of anilines is 1. The molecule has 0 amide bonds. The summed E-state index contributed by atoms with van der Waals surface area (Å²) in [5.41, 5.74) is 1.95. The maximum absolute atomic E-state index is 11.4. The summed E-state index contributed by atoms with van der Waals surface area (Å²) in [7, 11) is 3.15. The fourth-order valence-corrected chi connectivity index (χ4v) is 1.59. The van der Waals surface area contributed by atoms with Crippen LogP contribution in [0.25, 0.3) is 10.9 Å². The van der Waals surface area contributed by atoms with Gasteiger partial charge in [0.1, 0.15) is 0 Å². The van der Waals surface area contributed by atoms with Gasteiger partial charge in [-0.3, -0.25) is 0 Å². The number of fused-ring (bicyclic) bond motifs is 1. The van der Waals surface area contributed by atoms with Gasteiger partial charge in [-0.2, -0.15) is 0 Å². The zero-order chi connectivity index (χ0) is 11.5. The van der Waals surface area contributed by atoms with Gasteiger partial charge in [0.2, 0.25) is 0 Å². The number of nitrogens with zero attached hydrogens (tertiary/aromatic N) is 1. The molecule has 0 aliphatic rings. The molecule has 0 unspecified atom stereocenters. The number of carbonyl (C=O) groups is 1. The van der Waals surface area contributed by atoms with E-state index < -0.39 is 5.97 Å². The van der Waals surface area contributed by atoms with E-state index in [0.29, 0.717) is 5.69 Å². The first kappa shape index (κ1) is 10.4. The van der Waals surface area contributed by atoms with Crippen molar-refractivity contribution < 1.29 is 9.53 Å². The van der Waals surface area contributed by atoms with E-state index in [-0.39, 0.29) is 0 Å². The van der Waals surface area contributed by atoms with Crippen LogP contribution in [0.15, 0.2) is 30.3 Å². The molecule has 2 rings (SSSR count). The lowest BCUT2D eigenvalue weighted by Crippen LogP contribution is -2.05. The van der Waals surface area contributed by atoms with Gasteiger partial charge in [0.25, 0.3) is 0 Å². The number of carbonyl (C=O) groups excluding carboxylic acids is 1. The van der Waals surface area contributed by atoms with E-state index in [1.807, 2.05) is 31.3 Å². The second-order valence-electron chi connectivity index (χ2n) is 3.31. The highest BCUT2D eigenvalue weighted by atomic mass is 16.5. The van der Waals surface area contributed by atoms with Crippen molar-refractivity contribution in [2.75, 3.05) is 19.5 Å². The first-order valence-corrected chi connectivity index (χ1v) is 4.92. The largest absolute Gasteiger partial charge is 0.464 e. The smallest absolute Gasteiger partial charge is 0.356 e. The highest BCUT2D eigenvalue weighted by molar-refractivity contribution is 5.97. The van der Waals surface area contributed by atoms with Crippen LogP contribution >= 0.6 is 0 Å². The van der Waals surface area contributed by atoms with Crippen LogP contribution in [0.3, 0.4) is 0 Å². The zero-order valence-electron chi connectivity index (χ0n) is 9.15. The summed E-state index contributed by atoms with van der Waals surface area (Å²) >= 11 is 0. The van der Waals surface area contributed by atoms with E-state index in [2.05, 4.69) is 15.0 Å². The lowest BCUT2D eigenvalue weighted by atomic mass is 10.1. The molecule has 0 saturated heterocycles. The van der Waals surface area contributed by atoms with Crippen LogP contribution in [0.2, 0.25) is 0 Å². The molecule has 0 spiro atoms. The predicted molar refractivity (Wildman–Crippen MR) is 62.6 cm³/mol. The number of pyridine rings is 1. The van der Waals surface area contributed by atoms with Gasteiger partial charge in [-0.15, -0.1) is 0 Å². The SMILES string of the molecule is CNc1cc(C(=O)OC)nc2ccccc12. The Kier molecular flexibility index (Phi) is 2.72. The Morgan fingerprint density at radius 1 is 1.38 bits per heavy atom. The normalized spacial score (nSPS) is 10.1. The summed E-state index contributed by atoms with van der Waals surface area (Å²) in [4.78, 5) is 15.7. The summed E-state index contributed by atoms with van der Waals surface area (Å²) < 4.78 is 4.66. The Labute approximate surface area is 93.3 Å². The third kappa shape index (κ3) is 1.69. The van der Waals surface area contributed by atoms with E-state index in [1.165, 1.54) is 7.11 Å². The van der Waals surface area contributed by atoms with Gasteiger partial charge in [0.05, 0.1) is 12.6 Å². The van der Waals surface area contributed by atoms with Crippen molar-refractivity contribution in [3.8, 4) is 0 Å². The van der Waals surface area contributed by atoms with Crippen LogP contribution in [-0.2, 0) is 4.74 Å². The Balaban J connectivity index is 2.68. The molecule has 1 N–H and O–H groups in total. The summed E-state index contributed by atoms with van der Waals surface area (Å²) in [5, 5.41) is 4.03. The number of aromatic nitrogens is 1. The van der Waals surface area contributed by atoms with Crippen molar-refractivity contribution in [2.45, 2.75) is 0 Å². The molecular formula is C12H12N2O2.